The zero-order valence-electron chi connectivity index (χ0n) is 11.9. The van der Waals surface area contributed by atoms with E-state index in [1.54, 1.807) is 0 Å². The fourth-order valence-electron chi connectivity index (χ4n) is 3.00. The number of rotatable bonds is 4. The van der Waals surface area contributed by atoms with Crippen LogP contribution in [0, 0.1) is 0 Å². The summed E-state index contributed by atoms with van der Waals surface area (Å²) in [6, 6.07) is 7.36. The molecule has 0 bridgehead atoms. The minimum absolute atomic E-state index is 0.694. The smallest absolute Gasteiger partial charge is 0.0510 e. The Morgan fingerprint density at radius 3 is 2.47 bits per heavy atom. The maximum Gasteiger partial charge on any atom is 0.0510 e. The highest BCUT2D eigenvalue weighted by molar-refractivity contribution is 9.10. The van der Waals surface area contributed by atoms with Gasteiger partial charge >= 0.3 is 0 Å². The van der Waals surface area contributed by atoms with Crippen molar-refractivity contribution in [2.24, 2.45) is 5.73 Å². The molecular weight excluding hydrogens is 300 g/mol. The molecule has 0 amide bonds. The van der Waals surface area contributed by atoms with Crippen LogP contribution in [0.4, 0.5) is 5.69 Å². The summed E-state index contributed by atoms with van der Waals surface area (Å²) in [5.41, 5.74) is 8.24. The summed E-state index contributed by atoms with van der Waals surface area (Å²) in [6.45, 7) is 0.713. The van der Waals surface area contributed by atoms with Crippen molar-refractivity contribution in [3.05, 3.63) is 28.2 Å². The molecule has 1 aliphatic rings. The lowest BCUT2D eigenvalue weighted by molar-refractivity contribution is 0.552. The summed E-state index contributed by atoms with van der Waals surface area (Å²) in [5.74, 6) is 0. The molecule has 0 aromatic heterocycles. The molecule has 1 aromatic rings. The van der Waals surface area contributed by atoms with E-state index < -0.39 is 0 Å². The Balaban J connectivity index is 2.11. The van der Waals surface area contributed by atoms with Crippen molar-refractivity contribution >= 4 is 21.6 Å². The van der Waals surface area contributed by atoms with Crippen LogP contribution in [0.2, 0.25) is 0 Å². The summed E-state index contributed by atoms with van der Waals surface area (Å²) in [5, 5.41) is 0. The van der Waals surface area contributed by atoms with E-state index in [2.05, 4.69) is 46.1 Å². The van der Waals surface area contributed by atoms with Crippen molar-refractivity contribution in [3.63, 3.8) is 0 Å². The van der Waals surface area contributed by atoms with Gasteiger partial charge in [-0.25, -0.2) is 0 Å². The quantitative estimate of drug-likeness (QED) is 0.844. The number of hydrogen-bond acceptors (Lipinski definition) is 2. The second-order valence-corrected chi connectivity index (χ2v) is 6.44. The topological polar surface area (TPSA) is 29.3 Å². The van der Waals surface area contributed by atoms with E-state index in [0.29, 0.717) is 12.6 Å². The van der Waals surface area contributed by atoms with Crippen LogP contribution < -0.4 is 10.6 Å². The Morgan fingerprint density at radius 1 is 1.21 bits per heavy atom. The van der Waals surface area contributed by atoms with Crippen LogP contribution in [0.15, 0.2) is 22.7 Å². The fourth-order valence-corrected chi connectivity index (χ4v) is 3.71. The van der Waals surface area contributed by atoms with Gasteiger partial charge in [0, 0.05) is 17.6 Å². The lowest BCUT2D eigenvalue weighted by Crippen LogP contribution is -2.31. The molecule has 106 valence electrons. The Kier molecular flexibility index (Phi) is 5.71. The molecule has 0 unspecified atom stereocenters. The summed E-state index contributed by atoms with van der Waals surface area (Å²) < 4.78 is 1.20. The average molecular weight is 325 g/mol. The van der Waals surface area contributed by atoms with Crippen LogP contribution in [0.1, 0.15) is 44.1 Å². The molecule has 2 rings (SSSR count). The Labute approximate surface area is 125 Å². The standard InChI is InChI=1S/C16H25BrN2/c1-19(14-6-4-2-3-5-7-14)16-9-8-13(10-11-18)12-15(16)17/h8-9,12,14H,2-7,10-11,18H2,1H3. The first-order chi connectivity index (χ1) is 9.22. The summed E-state index contributed by atoms with van der Waals surface area (Å²) in [6.07, 6.45) is 9.16. The number of hydrogen-bond donors (Lipinski definition) is 1. The Bertz CT molecular complexity index is 398. The van der Waals surface area contributed by atoms with Gasteiger partial charge in [-0.2, -0.15) is 0 Å². The predicted molar refractivity (Wildman–Crippen MR) is 86.8 cm³/mol. The number of nitrogens with zero attached hydrogens (tertiary/aromatic N) is 1. The van der Waals surface area contributed by atoms with Crippen LogP contribution in [0.5, 0.6) is 0 Å². The molecule has 1 aliphatic carbocycles. The van der Waals surface area contributed by atoms with Gasteiger partial charge in [0.15, 0.2) is 0 Å². The first-order valence-electron chi connectivity index (χ1n) is 7.43. The van der Waals surface area contributed by atoms with Gasteiger partial charge in [0.05, 0.1) is 5.69 Å². The lowest BCUT2D eigenvalue weighted by atomic mass is 10.1. The van der Waals surface area contributed by atoms with Gasteiger partial charge in [0.1, 0.15) is 0 Å². The summed E-state index contributed by atoms with van der Waals surface area (Å²) in [4.78, 5) is 2.46. The average Bonchev–Trinajstić information content (AvgIpc) is 2.67. The third-order valence-corrected chi connectivity index (χ3v) is 4.83. The maximum absolute atomic E-state index is 5.62. The van der Waals surface area contributed by atoms with Gasteiger partial charge in [0.25, 0.3) is 0 Å². The molecule has 1 fully saturated rings. The van der Waals surface area contributed by atoms with E-state index in [-0.39, 0.29) is 0 Å². The highest BCUT2D eigenvalue weighted by atomic mass is 79.9. The predicted octanol–water partition coefficient (Wildman–Crippen LogP) is 4.11. The first kappa shape index (κ1) is 14.9. The summed E-state index contributed by atoms with van der Waals surface area (Å²) in [7, 11) is 2.23. The van der Waals surface area contributed by atoms with Crippen molar-refractivity contribution < 1.29 is 0 Å². The molecule has 0 aliphatic heterocycles. The van der Waals surface area contributed by atoms with Gasteiger partial charge in [-0.05, 0) is 59.4 Å². The van der Waals surface area contributed by atoms with E-state index >= 15 is 0 Å². The highest BCUT2D eigenvalue weighted by Crippen LogP contribution is 2.31. The second kappa shape index (κ2) is 7.30. The molecule has 1 saturated carbocycles. The molecule has 3 heteroatoms. The number of benzene rings is 1. The molecule has 0 saturated heterocycles. The zero-order chi connectivity index (χ0) is 13.7. The minimum Gasteiger partial charge on any atom is -0.371 e. The van der Waals surface area contributed by atoms with E-state index in [0.717, 1.165) is 6.42 Å². The van der Waals surface area contributed by atoms with Crippen molar-refractivity contribution in [2.45, 2.75) is 51.0 Å². The number of nitrogens with two attached hydrogens (primary N) is 1. The Hall–Kier alpha value is -0.540. The van der Waals surface area contributed by atoms with Crippen molar-refractivity contribution in [1.29, 1.82) is 0 Å². The van der Waals surface area contributed by atoms with Crippen LogP contribution in [-0.4, -0.2) is 19.6 Å². The lowest BCUT2D eigenvalue weighted by Gasteiger charge is -2.30. The van der Waals surface area contributed by atoms with E-state index in [9.17, 15) is 0 Å². The van der Waals surface area contributed by atoms with Gasteiger partial charge in [-0.1, -0.05) is 31.7 Å². The molecule has 0 heterocycles. The second-order valence-electron chi connectivity index (χ2n) is 5.58. The maximum atomic E-state index is 5.62. The number of halogens is 1. The molecule has 2 N–H and O–H groups in total. The first-order valence-corrected chi connectivity index (χ1v) is 8.23. The monoisotopic (exact) mass is 324 g/mol. The zero-order valence-corrected chi connectivity index (χ0v) is 13.5. The van der Waals surface area contributed by atoms with Crippen molar-refractivity contribution in [1.82, 2.24) is 0 Å². The summed E-state index contributed by atoms with van der Waals surface area (Å²) >= 11 is 3.72. The normalized spacial score (nSPS) is 17.2. The minimum atomic E-state index is 0.694. The molecule has 0 spiro atoms. The van der Waals surface area contributed by atoms with E-state index in [1.165, 1.54) is 54.2 Å². The van der Waals surface area contributed by atoms with E-state index in [1.807, 2.05) is 0 Å². The molecule has 1 aromatic carbocycles. The van der Waals surface area contributed by atoms with Gasteiger partial charge in [-0.3, -0.25) is 0 Å². The van der Waals surface area contributed by atoms with Gasteiger partial charge < -0.3 is 10.6 Å². The van der Waals surface area contributed by atoms with Crippen LogP contribution in [-0.2, 0) is 6.42 Å². The molecule has 0 radical (unpaired) electrons. The SMILES string of the molecule is CN(c1ccc(CCN)cc1Br)C1CCCCCC1. The van der Waals surface area contributed by atoms with Crippen molar-refractivity contribution in [3.8, 4) is 0 Å². The van der Waals surface area contributed by atoms with E-state index in [4.69, 9.17) is 5.73 Å². The van der Waals surface area contributed by atoms with Crippen molar-refractivity contribution in [2.75, 3.05) is 18.5 Å². The third kappa shape index (κ3) is 3.96. The van der Waals surface area contributed by atoms with Gasteiger partial charge in [-0.15, -0.1) is 0 Å². The molecule has 2 nitrogen and oxygen atoms in total. The molecule has 19 heavy (non-hydrogen) atoms. The highest BCUT2D eigenvalue weighted by Gasteiger charge is 2.18. The third-order valence-electron chi connectivity index (χ3n) is 4.20. The molecule has 0 atom stereocenters. The molecular formula is C16H25BrN2. The fraction of sp³-hybridized carbons (Fsp3) is 0.625. The Morgan fingerprint density at radius 2 is 1.89 bits per heavy atom. The van der Waals surface area contributed by atoms with Crippen LogP contribution in [0.25, 0.3) is 0 Å². The van der Waals surface area contributed by atoms with Gasteiger partial charge in [0.2, 0.25) is 0 Å². The van der Waals surface area contributed by atoms with Crippen LogP contribution >= 0.6 is 15.9 Å². The largest absolute Gasteiger partial charge is 0.371 e. The number of anilines is 1. The van der Waals surface area contributed by atoms with Crippen LogP contribution in [0.3, 0.4) is 0 Å².